The number of nitrogens with one attached hydrogen (secondary N) is 3. The SMILES string of the molecule is CC(C)S(=O)(=O)c1ccccc1Nc1cc(Nc2cc(C3CCNC3)ccn2)ncc1Cl. The average molecular weight is 472 g/mol. The van der Waals surface area contributed by atoms with Crippen LogP contribution in [0.3, 0.4) is 0 Å². The third kappa shape index (κ3) is 4.87. The molecule has 4 rings (SSSR count). The van der Waals surface area contributed by atoms with E-state index in [-0.39, 0.29) is 4.90 Å². The molecule has 0 bridgehead atoms. The van der Waals surface area contributed by atoms with Gasteiger partial charge in [0.1, 0.15) is 11.6 Å². The summed E-state index contributed by atoms with van der Waals surface area (Å²) < 4.78 is 25.5. The summed E-state index contributed by atoms with van der Waals surface area (Å²) >= 11 is 6.36. The Morgan fingerprint density at radius 2 is 1.84 bits per heavy atom. The largest absolute Gasteiger partial charge is 0.353 e. The van der Waals surface area contributed by atoms with Gasteiger partial charge in [-0.05, 0) is 62.6 Å². The van der Waals surface area contributed by atoms with Crippen molar-refractivity contribution in [1.82, 2.24) is 15.3 Å². The Morgan fingerprint density at radius 3 is 2.59 bits per heavy atom. The van der Waals surface area contributed by atoms with E-state index in [1.807, 2.05) is 12.1 Å². The van der Waals surface area contributed by atoms with E-state index in [1.165, 1.54) is 11.8 Å². The van der Waals surface area contributed by atoms with Crippen LogP contribution in [0.15, 0.2) is 59.8 Å². The summed E-state index contributed by atoms with van der Waals surface area (Å²) in [4.78, 5) is 8.99. The smallest absolute Gasteiger partial charge is 0.182 e. The van der Waals surface area contributed by atoms with Crippen molar-refractivity contribution in [3.8, 4) is 0 Å². The van der Waals surface area contributed by atoms with E-state index < -0.39 is 15.1 Å². The van der Waals surface area contributed by atoms with Crippen LogP contribution in [0.25, 0.3) is 0 Å². The van der Waals surface area contributed by atoms with Crippen LogP contribution in [-0.2, 0) is 9.84 Å². The normalized spacial score (nSPS) is 16.3. The van der Waals surface area contributed by atoms with Crippen LogP contribution < -0.4 is 16.0 Å². The van der Waals surface area contributed by atoms with E-state index >= 15 is 0 Å². The first-order valence-electron chi connectivity index (χ1n) is 10.5. The number of benzene rings is 1. The van der Waals surface area contributed by atoms with Crippen LogP contribution in [0.2, 0.25) is 5.02 Å². The molecule has 1 atom stereocenters. The van der Waals surface area contributed by atoms with Crippen molar-refractivity contribution in [3.05, 3.63) is 65.4 Å². The van der Waals surface area contributed by atoms with Crippen molar-refractivity contribution in [2.75, 3.05) is 23.7 Å². The second-order valence-corrected chi connectivity index (χ2v) is 10.9. The van der Waals surface area contributed by atoms with Crippen molar-refractivity contribution in [2.45, 2.75) is 36.3 Å². The fourth-order valence-corrected chi connectivity index (χ4v) is 5.01. The second-order valence-electron chi connectivity index (χ2n) is 8.05. The van der Waals surface area contributed by atoms with E-state index in [0.717, 1.165) is 19.5 Å². The lowest BCUT2D eigenvalue weighted by molar-refractivity contribution is 0.588. The molecule has 7 nitrogen and oxygen atoms in total. The molecular formula is C23H26ClN5O2S. The summed E-state index contributed by atoms with van der Waals surface area (Å²) in [5.41, 5.74) is 2.24. The third-order valence-electron chi connectivity index (χ3n) is 5.51. The summed E-state index contributed by atoms with van der Waals surface area (Å²) in [7, 11) is -3.46. The first-order valence-corrected chi connectivity index (χ1v) is 12.5. The highest BCUT2D eigenvalue weighted by atomic mass is 35.5. The number of aromatic nitrogens is 2. The Bertz CT molecular complexity index is 1210. The number of anilines is 4. The molecule has 3 N–H and O–H groups in total. The van der Waals surface area contributed by atoms with E-state index in [0.29, 0.717) is 34.0 Å². The molecule has 0 radical (unpaired) electrons. The highest BCUT2D eigenvalue weighted by Gasteiger charge is 2.23. The Hall–Kier alpha value is -2.68. The van der Waals surface area contributed by atoms with E-state index in [9.17, 15) is 8.42 Å². The lowest BCUT2D eigenvalue weighted by Crippen LogP contribution is -2.15. The van der Waals surface area contributed by atoms with Gasteiger partial charge in [-0.2, -0.15) is 0 Å². The van der Waals surface area contributed by atoms with Gasteiger partial charge in [-0.3, -0.25) is 0 Å². The van der Waals surface area contributed by atoms with Gasteiger partial charge in [0.15, 0.2) is 9.84 Å². The van der Waals surface area contributed by atoms with E-state index in [1.54, 1.807) is 50.4 Å². The summed E-state index contributed by atoms with van der Waals surface area (Å²) in [5.74, 6) is 1.72. The number of hydrogen-bond acceptors (Lipinski definition) is 7. The van der Waals surface area contributed by atoms with Gasteiger partial charge in [0.25, 0.3) is 0 Å². The third-order valence-corrected chi connectivity index (χ3v) is 8.02. The zero-order chi connectivity index (χ0) is 22.7. The minimum absolute atomic E-state index is 0.233. The van der Waals surface area contributed by atoms with Crippen LogP contribution in [0.5, 0.6) is 0 Å². The first-order chi connectivity index (χ1) is 15.3. The number of rotatable bonds is 7. The molecule has 32 heavy (non-hydrogen) atoms. The predicted molar refractivity (Wildman–Crippen MR) is 129 cm³/mol. The number of para-hydroxylation sites is 1. The van der Waals surface area contributed by atoms with Crippen molar-refractivity contribution >= 4 is 44.4 Å². The summed E-state index contributed by atoms with van der Waals surface area (Å²) in [5, 5.41) is 9.61. The molecule has 1 fully saturated rings. The molecule has 2 aromatic heterocycles. The zero-order valence-corrected chi connectivity index (χ0v) is 19.5. The highest BCUT2D eigenvalue weighted by molar-refractivity contribution is 7.92. The van der Waals surface area contributed by atoms with Crippen molar-refractivity contribution < 1.29 is 8.42 Å². The Kier molecular flexibility index (Phi) is 6.64. The van der Waals surface area contributed by atoms with Gasteiger partial charge in [-0.1, -0.05) is 23.7 Å². The molecule has 0 aliphatic carbocycles. The molecule has 1 aliphatic rings. The number of hydrogen-bond donors (Lipinski definition) is 3. The summed E-state index contributed by atoms with van der Waals surface area (Å²) in [6.45, 7) is 5.32. The molecule has 0 saturated carbocycles. The molecular weight excluding hydrogens is 446 g/mol. The highest BCUT2D eigenvalue weighted by Crippen LogP contribution is 2.32. The summed E-state index contributed by atoms with van der Waals surface area (Å²) in [6, 6.07) is 12.6. The molecule has 0 amide bonds. The molecule has 1 aliphatic heterocycles. The number of nitrogens with zero attached hydrogens (tertiary/aromatic N) is 2. The Balaban J connectivity index is 1.59. The number of sulfone groups is 1. The van der Waals surface area contributed by atoms with Gasteiger partial charge in [0, 0.05) is 18.8 Å². The van der Waals surface area contributed by atoms with Gasteiger partial charge in [-0.25, -0.2) is 18.4 Å². The van der Waals surface area contributed by atoms with Gasteiger partial charge >= 0.3 is 0 Å². The van der Waals surface area contributed by atoms with Crippen molar-refractivity contribution in [1.29, 1.82) is 0 Å². The summed E-state index contributed by atoms with van der Waals surface area (Å²) in [6.07, 6.45) is 4.42. The molecule has 0 spiro atoms. The minimum Gasteiger partial charge on any atom is -0.353 e. The molecule has 1 saturated heterocycles. The quantitative estimate of drug-likeness (QED) is 0.452. The van der Waals surface area contributed by atoms with Crippen molar-refractivity contribution in [3.63, 3.8) is 0 Å². The Labute approximate surface area is 193 Å². The fraction of sp³-hybridized carbons (Fsp3) is 0.304. The fourth-order valence-electron chi connectivity index (χ4n) is 3.66. The lowest BCUT2D eigenvalue weighted by Gasteiger charge is -2.16. The second kappa shape index (κ2) is 9.44. The maximum atomic E-state index is 12.8. The Morgan fingerprint density at radius 1 is 1.06 bits per heavy atom. The number of halogens is 1. The van der Waals surface area contributed by atoms with Gasteiger partial charge in [0.2, 0.25) is 0 Å². The number of pyridine rings is 2. The van der Waals surface area contributed by atoms with Crippen LogP contribution in [0, 0.1) is 0 Å². The lowest BCUT2D eigenvalue weighted by atomic mass is 10.00. The molecule has 3 heterocycles. The predicted octanol–water partition coefficient (Wildman–Crippen LogP) is 4.88. The molecule has 1 unspecified atom stereocenters. The molecule has 9 heteroatoms. The molecule has 1 aromatic carbocycles. The molecule has 3 aromatic rings. The van der Waals surface area contributed by atoms with Crippen LogP contribution in [0.4, 0.5) is 23.0 Å². The topological polar surface area (TPSA) is 96.0 Å². The maximum Gasteiger partial charge on any atom is 0.182 e. The van der Waals surface area contributed by atoms with Crippen LogP contribution in [-0.4, -0.2) is 36.7 Å². The van der Waals surface area contributed by atoms with Crippen LogP contribution in [0.1, 0.15) is 31.7 Å². The average Bonchev–Trinajstić information content (AvgIpc) is 3.31. The van der Waals surface area contributed by atoms with E-state index in [2.05, 4.69) is 25.9 Å². The van der Waals surface area contributed by atoms with Gasteiger partial charge in [-0.15, -0.1) is 0 Å². The van der Waals surface area contributed by atoms with Crippen LogP contribution >= 0.6 is 11.6 Å². The standard InChI is InChI=1S/C23H26ClN5O2S/c1-15(2)32(30,31)21-6-4-3-5-19(21)28-20-12-23(27-14-18(20)24)29-22-11-16(8-10-26-22)17-7-9-25-13-17/h3-6,8,10-12,14-15,17,25H,7,9,13H2,1-2H3,(H2,26,27,28,29). The first kappa shape index (κ1) is 22.5. The zero-order valence-electron chi connectivity index (χ0n) is 18.0. The maximum absolute atomic E-state index is 12.8. The van der Waals surface area contributed by atoms with Gasteiger partial charge < -0.3 is 16.0 Å². The van der Waals surface area contributed by atoms with Crippen molar-refractivity contribution in [2.24, 2.45) is 0 Å². The molecule has 168 valence electrons. The van der Waals surface area contributed by atoms with Gasteiger partial charge in [0.05, 0.1) is 32.7 Å². The van der Waals surface area contributed by atoms with E-state index in [4.69, 9.17) is 11.6 Å². The minimum atomic E-state index is -3.46. The monoisotopic (exact) mass is 471 g/mol.